The van der Waals surface area contributed by atoms with Crippen molar-refractivity contribution in [3.63, 3.8) is 0 Å². The molecule has 0 spiro atoms. The zero-order chi connectivity index (χ0) is 29.2. The molecule has 40 heavy (non-hydrogen) atoms. The third-order valence-electron chi connectivity index (χ3n) is 6.58. The molecule has 0 saturated heterocycles. The Bertz CT molecular complexity index is 674. The molecule has 0 aliphatic carbocycles. The third kappa shape index (κ3) is 30.6. The molecule has 0 radical (unpaired) electrons. The van der Waals surface area contributed by atoms with Crippen molar-refractivity contribution in [2.45, 2.75) is 142 Å². The summed E-state index contributed by atoms with van der Waals surface area (Å²) in [6.07, 6.45) is 42.5. The first-order chi connectivity index (χ1) is 19.7. The fraction of sp³-hybridized carbons (Fsp3) is 0.694. The van der Waals surface area contributed by atoms with E-state index in [2.05, 4.69) is 74.6 Å². The van der Waals surface area contributed by atoms with Crippen LogP contribution in [0.1, 0.15) is 136 Å². The van der Waals surface area contributed by atoms with Gasteiger partial charge in [0.15, 0.2) is 0 Å². The number of carbonyl (C=O) groups is 1. The molecule has 0 heterocycles. The number of ether oxygens (including phenoxy) is 2. The van der Waals surface area contributed by atoms with E-state index >= 15 is 0 Å². The zero-order valence-corrected chi connectivity index (χ0v) is 26.1. The molecule has 0 aromatic carbocycles. The van der Waals surface area contributed by atoms with Crippen LogP contribution in [-0.2, 0) is 14.3 Å². The molecule has 0 rings (SSSR count). The summed E-state index contributed by atoms with van der Waals surface area (Å²) in [7, 11) is 0. The Balaban J connectivity index is 3.58. The quantitative estimate of drug-likeness (QED) is 0.0564. The molecular weight excluding hydrogens is 496 g/mol. The van der Waals surface area contributed by atoms with Crippen LogP contribution in [-0.4, -0.2) is 37.0 Å². The maximum Gasteiger partial charge on any atom is 0.306 e. The van der Waals surface area contributed by atoms with Crippen molar-refractivity contribution in [3.05, 3.63) is 60.8 Å². The van der Waals surface area contributed by atoms with E-state index in [1.807, 2.05) is 0 Å². The van der Waals surface area contributed by atoms with Crippen LogP contribution in [0.3, 0.4) is 0 Å². The largest absolute Gasteiger partial charge is 0.457 e. The molecule has 0 aliphatic rings. The van der Waals surface area contributed by atoms with Crippen LogP contribution in [0.25, 0.3) is 0 Å². The van der Waals surface area contributed by atoms with Gasteiger partial charge in [0.05, 0.1) is 13.2 Å². The average Bonchev–Trinajstić information content (AvgIpc) is 2.96. The molecule has 230 valence electrons. The van der Waals surface area contributed by atoms with E-state index in [1.165, 1.54) is 57.8 Å². The summed E-state index contributed by atoms with van der Waals surface area (Å²) in [5.41, 5.74) is 0. The number of hydrogen-bond acceptors (Lipinski definition) is 4. The molecule has 1 unspecified atom stereocenters. The van der Waals surface area contributed by atoms with Gasteiger partial charge in [-0.1, -0.05) is 113 Å². The minimum Gasteiger partial charge on any atom is -0.457 e. The highest BCUT2D eigenvalue weighted by Crippen LogP contribution is 2.09. The zero-order valence-electron chi connectivity index (χ0n) is 26.1. The van der Waals surface area contributed by atoms with Crippen LogP contribution >= 0.6 is 0 Å². The second-order valence-electron chi connectivity index (χ2n) is 10.5. The van der Waals surface area contributed by atoms with E-state index < -0.39 is 6.10 Å². The number of unbranched alkanes of at least 4 members (excludes halogenated alkanes) is 11. The maximum atomic E-state index is 12.1. The fourth-order valence-electron chi connectivity index (χ4n) is 4.13. The molecular formula is C36H62O4. The monoisotopic (exact) mass is 558 g/mol. The van der Waals surface area contributed by atoms with Gasteiger partial charge in [0.2, 0.25) is 0 Å². The first-order valence-corrected chi connectivity index (χ1v) is 16.4. The van der Waals surface area contributed by atoms with Crippen LogP contribution in [0, 0.1) is 0 Å². The van der Waals surface area contributed by atoms with Crippen LogP contribution in [0.15, 0.2) is 60.8 Å². The molecule has 0 aromatic heterocycles. The topological polar surface area (TPSA) is 55.8 Å². The van der Waals surface area contributed by atoms with Crippen LogP contribution in [0.5, 0.6) is 0 Å². The molecule has 0 amide bonds. The van der Waals surface area contributed by atoms with Gasteiger partial charge in [0, 0.05) is 13.0 Å². The van der Waals surface area contributed by atoms with Gasteiger partial charge in [-0.05, 0) is 77.0 Å². The Morgan fingerprint density at radius 3 is 1.73 bits per heavy atom. The van der Waals surface area contributed by atoms with Crippen molar-refractivity contribution in [1.82, 2.24) is 0 Å². The normalized spacial score (nSPS) is 13.2. The van der Waals surface area contributed by atoms with Crippen molar-refractivity contribution in [3.8, 4) is 0 Å². The highest BCUT2D eigenvalue weighted by molar-refractivity contribution is 5.69. The lowest BCUT2D eigenvalue weighted by molar-refractivity contribution is -0.154. The molecule has 1 atom stereocenters. The lowest BCUT2D eigenvalue weighted by atomic mass is 10.1. The Labute approximate surface area is 247 Å². The van der Waals surface area contributed by atoms with Crippen molar-refractivity contribution in [1.29, 1.82) is 0 Å². The van der Waals surface area contributed by atoms with Gasteiger partial charge in [-0.15, -0.1) is 0 Å². The predicted octanol–water partition coefficient (Wildman–Crippen LogP) is 10.1. The first-order valence-electron chi connectivity index (χ1n) is 16.4. The van der Waals surface area contributed by atoms with Gasteiger partial charge in [0.25, 0.3) is 0 Å². The van der Waals surface area contributed by atoms with Gasteiger partial charge >= 0.3 is 5.97 Å². The molecule has 1 N–H and O–H groups in total. The number of rotatable bonds is 29. The first kappa shape index (κ1) is 38.1. The number of allylic oxidation sites excluding steroid dienone is 10. The second-order valence-corrected chi connectivity index (χ2v) is 10.5. The summed E-state index contributed by atoms with van der Waals surface area (Å²) in [5, 5.41) is 9.51. The molecule has 4 nitrogen and oxygen atoms in total. The Kier molecular flexibility index (Phi) is 31.7. The number of aliphatic hydroxyl groups excluding tert-OH is 1. The highest BCUT2D eigenvalue weighted by atomic mass is 16.6. The molecule has 0 bridgehead atoms. The predicted molar refractivity (Wildman–Crippen MR) is 173 cm³/mol. The van der Waals surface area contributed by atoms with Crippen LogP contribution < -0.4 is 0 Å². The van der Waals surface area contributed by atoms with E-state index in [0.717, 1.165) is 57.8 Å². The van der Waals surface area contributed by atoms with E-state index in [0.29, 0.717) is 13.0 Å². The van der Waals surface area contributed by atoms with E-state index in [-0.39, 0.29) is 19.2 Å². The maximum absolute atomic E-state index is 12.1. The number of aliphatic hydroxyl groups is 1. The number of hydrogen-bond donors (Lipinski definition) is 1. The van der Waals surface area contributed by atoms with E-state index in [1.54, 1.807) is 0 Å². The standard InChI is InChI=1S/C36H62O4/c1-3-5-7-9-11-13-15-17-18-19-21-23-25-27-29-31-36(38)40-35(33-37)34-39-32-30-28-26-24-22-20-16-14-12-10-8-6-4-2/h5,7,11-14,17-18,21,23,35,37H,3-4,6,8-10,15-16,19-20,22,24-34H2,1-2H3/b7-5-,13-11-,14-12-,18-17-,23-21-. The molecule has 0 saturated carbocycles. The summed E-state index contributed by atoms with van der Waals surface area (Å²) >= 11 is 0. The minimum absolute atomic E-state index is 0.194. The van der Waals surface area contributed by atoms with Crippen molar-refractivity contribution in [2.75, 3.05) is 19.8 Å². The van der Waals surface area contributed by atoms with Gasteiger partial charge in [-0.3, -0.25) is 4.79 Å². The molecule has 0 fully saturated rings. The van der Waals surface area contributed by atoms with E-state index in [4.69, 9.17) is 9.47 Å². The molecule has 0 aliphatic heterocycles. The summed E-state index contributed by atoms with van der Waals surface area (Å²) < 4.78 is 11.0. The van der Waals surface area contributed by atoms with Gasteiger partial charge in [-0.25, -0.2) is 0 Å². The molecule has 0 aromatic rings. The minimum atomic E-state index is -0.558. The highest BCUT2D eigenvalue weighted by Gasteiger charge is 2.13. The lowest BCUT2D eigenvalue weighted by Gasteiger charge is -2.15. The summed E-state index contributed by atoms with van der Waals surface area (Å²) in [5.74, 6) is -0.247. The SMILES string of the molecule is CC/C=C\C/C=C\C/C=C\C/C=C\CCCCC(=O)OC(CO)COCCCCCCCC/C=C\CCCCC. The summed E-state index contributed by atoms with van der Waals surface area (Å²) in [6, 6.07) is 0. The number of esters is 1. The van der Waals surface area contributed by atoms with Crippen molar-refractivity contribution >= 4 is 5.97 Å². The van der Waals surface area contributed by atoms with E-state index in [9.17, 15) is 9.90 Å². The average molecular weight is 559 g/mol. The van der Waals surface area contributed by atoms with Crippen LogP contribution in [0.4, 0.5) is 0 Å². The van der Waals surface area contributed by atoms with Gasteiger partial charge in [0.1, 0.15) is 6.10 Å². The Morgan fingerprint density at radius 2 is 1.12 bits per heavy atom. The van der Waals surface area contributed by atoms with Gasteiger partial charge < -0.3 is 14.6 Å². The summed E-state index contributed by atoms with van der Waals surface area (Å²) in [4.78, 5) is 12.1. The molecule has 4 heteroatoms. The fourth-order valence-corrected chi connectivity index (χ4v) is 4.13. The van der Waals surface area contributed by atoms with Crippen molar-refractivity contribution in [2.24, 2.45) is 0 Å². The Hall–Kier alpha value is -1.91. The number of carbonyl (C=O) groups excluding carboxylic acids is 1. The summed E-state index contributed by atoms with van der Waals surface area (Å²) in [6.45, 7) is 5.13. The Morgan fingerprint density at radius 1 is 0.625 bits per heavy atom. The van der Waals surface area contributed by atoms with Crippen molar-refractivity contribution < 1.29 is 19.4 Å². The van der Waals surface area contributed by atoms with Gasteiger partial charge in [-0.2, -0.15) is 0 Å². The third-order valence-corrected chi connectivity index (χ3v) is 6.58. The smallest absolute Gasteiger partial charge is 0.306 e. The lowest BCUT2D eigenvalue weighted by Crippen LogP contribution is -2.27. The second kappa shape index (κ2) is 33.3. The van der Waals surface area contributed by atoms with Crippen LogP contribution in [0.2, 0.25) is 0 Å².